The topological polar surface area (TPSA) is 59.3 Å². The lowest BCUT2D eigenvalue weighted by atomic mass is 10.0. The first kappa shape index (κ1) is 28.7. The summed E-state index contributed by atoms with van der Waals surface area (Å²) < 4.78 is 11.0. The molecule has 0 bridgehead atoms. The summed E-state index contributed by atoms with van der Waals surface area (Å²) in [6.07, 6.45) is 12.4. The van der Waals surface area contributed by atoms with Crippen molar-refractivity contribution in [3.63, 3.8) is 0 Å². The highest BCUT2D eigenvalue weighted by molar-refractivity contribution is 5.94. The second kappa shape index (κ2) is 16.1. The number of ether oxygens (including phenoxy) is 2. The number of nitrogens with zero attached hydrogens (tertiary/aromatic N) is 1. The fraction of sp³-hybridized carbons (Fsp3) is 0.353. The normalized spacial score (nSPS) is 11.2. The van der Waals surface area contributed by atoms with Crippen molar-refractivity contribution in [1.82, 2.24) is 0 Å². The van der Waals surface area contributed by atoms with Crippen LogP contribution in [0.25, 0.3) is 22.4 Å². The molecule has 0 radical (unpaired) electrons. The Labute approximate surface area is 227 Å². The molecule has 3 rings (SSSR count). The predicted octanol–water partition coefficient (Wildman–Crippen LogP) is 8.91. The molecule has 3 aromatic carbocycles. The quantitative estimate of drug-likeness (QED) is 0.0636. The number of carbonyl (C=O) groups excluding carboxylic acids is 1. The van der Waals surface area contributed by atoms with Crippen LogP contribution in [0, 0.1) is 11.3 Å². The number of fused-ring (bicyclic) bond motifs is 1. The lowest BCUT2D eigenvalue weighted by Gasteiger charge is -2.07. The Balaban J connectivity index is 1.28. The molecule has 0 saturated heterocycles. The Morgan fingerprint density at radius 1 is 0.816 bits per heavy atom. The maximum Gasteiger partial charge on any atom is 0.333 e. The third-order valence-electron chi connectivity index (χ3n) is 6.51. The van der Waals surface area contributed by atoms with Gasteiger partial charge in [0.15, 0.2) is 0 Å². The molecule has 0 atom stereocenters. The van der Waals surface area contributed by atoms with Crippen molar-refractivity contribution < 1.29 is 14.3 Å². The van der Waals surface area contributed by atoms with Crippen molar-refractivity contribution in [1.29, 1.82) is 5.26 Å². The number of unbranched alkanes of at least 4 members (excludes halogenated alkanes) is 8. The monoisotopic (exact) mass is 509 g/mol. The first-order valence-corrected chi connectivity index (χ1v) is 13.7. The molecule has 0 amide bonds. The van der Waals surface area contributed by atoms with E-state index in [4.69, 9.17) is 9.47 Å². The van der Waals surface area contributed by atoms with Crippen molar-refractivity contribution in [3.05, 3.63) is 90.0 Å². The molecule has 0 aliphatic heterocycles. The molecule has 0 unspecified atom stereocenters. The zero-order valence-corrected chi connectivity index (χ0v) is 22.6. The van der Waals surface area contributed by atoms with Gasteiger partial charge in [-0.1, -0.05) is 100 Å². The fourth-order valence-electron chi connectivity index (χ4n) is 4.28. The summed E-state index contributed by atoms with van der Waals surface area (Å²) in [4.78, 5) is 11.3. The molecular formula is C34H39NO3. The molecule has 4 heteroatoms. The number of esters is 1. The molecule has 38 heavy (non-hydrogen) atoms. The van der Waals surface area contributed by atoms with Crippen molar-refractivity contribution in [3.8, 4) is 11.8 Å². The smallest absolute Gasteiger partial charge is 0.333 e. The summed E-state index contributed by atoms with van der Waals surface area (Å²) in [5, 5.41) is 12.0. The van der Waals surface area contributed by atoms with Crippen molar-refractivity contribution in [2.24, 2.45) is 0 Å². The zero-order valence-electron chi connectivity index (χ0n) is 22.6. The maximum absolute atomic E-state index is 11.3. The van der Waals surface area contributed by atoms with E-state index in [1.54, 1.807) is 6.92 Å². The van der Waals surface area contributed by atoms with Crippen LogP contribution in [0.1, 0.15) is 75.8 Å². The van der Waals surface area contributed by atoms with Crippen LogP contribution in [-0.2, 0) is 9.53 Å². The number of hydrogen-bond donors (Lipinski definition) is 0. The van der Waals surface area contributed by atoms with Crippen LogP contribution in [0.2, 0.25) is 0 Å². The third-order valence-corrected chi connectivity index (χ3v) is 6.51. The van der Waals surface area contributed by atoms with E-state index >= 15 is 0 Å². The second-order valence-corrected chi connectivity index (χ2v) is 9.75. The molecule has 0 spiro atoms. The standard InChI is InChI=1S/C34H39NO3/c1-27(2)34(36)38-23-13-9-7-5-3-4-6-8-12-22-37-33-20-16-28(17-21-33)24-32(26-35)31-19-18-29-14-10-11-15-30(29)25-31/h10-11,14-21,24-25H,1,3-9,12-13,22-23H2,2H3. The minimum atomic E-state index is -0.287. The Bertz CT molecular complexity index is 1250. The number of benzene rings is 3. The molecule has 198 valence electrons. The zero-order chi connectivity index (χ0) is 27.0. The van der Waals surface area contributed by atoms with Crippen LogP contribution in [0.15, 0.2) is 78.9 Å². The summed E-state index contributed by atoms with van der Waals surface area (Å²) in [7, 11) is 0. The minimum absolute atomic E-state index is 0.287. The van der Waals surface area contributed by atoms with E-state index in [2.05, 4.69) is 36.9 Å². The van der Waals surface area contributed by atoms with Crippen LogP contribution in [0.3, 0.4) is 0 Å². The van der Waals surface area contributed by atoms with Gasteiger partial charge in [-0.2, -0.15) is 5.26 Å². The average molecular weight is 510 g/mol. The van der Waals surface area contributed by atoms with Gasteiger partial charge in [0.1, 0.15) is 5.75 Å². The fourth-order valence-corrected chi connectivity index (χ4v) is 4.28. The maximum atomic E-state index is 11.3. The predicted molar refractivity (Wildman–Crippen MR) is 157 cm³/mol. The van der Waals surface area contributed by atoms with Crippen LogP contribution < -0.4 is 4.74 Å². The molecular weight excluding hydrogens is 470 g/mol. The molecule has 0 fully saturated rings. The van der Waals surface area contributed by atoms with Crippen LogP contribution >= 0.6 is 0 Å². The van der Waals surface area contributed by atoms with E-state index in [0.717, 1.165) is 48.1 Å². The van der Waals surface area contributed by atoms with Gasteiger partial charge in [-0.3, -0.25) is 0 Å². The van der Waals surface area contributed by atoms with Gasteiger partial charge in [0.25, 0.3) is 0 Å². The Kier molecular flexibility index (Phi) is 12.2. The molecule has 0 aliphatic rings. The summed E-state index contributed by atoms with van der Waals surface area (Å²) in [5.74, 6) is 0.575. The molecule has 3 aromatic rings. The number of nitriles is 1. The van der Waals surface area contributed by atoms with Gasteiger partial charge in [0.2, 0.25) is 0 Å². The number of rotatable bonds is 16. The van der Waals surface area contributed by atoms with E-state index in [0.29, 0.717) is 17.8 Å². The largest absolute Gasteiger partial charge is 0.494 e. The van der Waals surface area contributed by atoms with Gasteiger partial charge in [-0.15, -0.1) is 0 Å². The summed E-state index contributed by atoms with van der Waals surface area (Å²) in [6, 6.07) is 24.6. The molecule has 0 heterocycles. The Hall–Kier alpha value is -3.84. The molecule has 4 nitrogen and oxygen atoms in total. The first-order chi connectivity index (χ1) is 18.6. The van der Waals surface area contributed by atoms with Crippen LogP contribution in [0.5, 0.6) is 5.75 Å². The highest BCUT2D eigenvalue weighted by Gasteiger charge is 2.04. The second-order valence-electron chi connectivity index (χ2n) is 9.75. The van der Waals surface area contributed by atoms with Crippen molar-refractivity contribution in [2.75, 3.05) is 13.2 Å². The van der Waals surface area contributed by atoms with Crippen molar-refractivity contribution >= 4 is 28.4 Å². The molecule has 0 N–H and O–H groups in total. The SMILES string of the molecule is C=C(C)C(=O)OCCCCCCCCCCCOc1ccc(C=C(C#N)c2ccc3ccccc3c2)cc1. The minimum Gasteiger partial charge on any atom is -0.494 e. The summed E-state index contributed by atoms with van der Waals surface area (Å²) in [6.45, 7) is 6.47. The Morgan fingerprint density at radius 3 is 2.05 bits per heavy atom. The van der Waals surface area contributed by atoms with Gasteiger partial charge < -0.3 is 9.47 Å². The van der Waals surface area contributed by atoms with E-state index in [1.807, 2.05) is 48.5 Å². The van der Waals surface area contributed by atoms with E-state index in [1.165, 1.54) is 43.9 Å². The highest BCUT2D eigenvalue weighted by Crippen LogP contribution is 2.24. The van der Waals surface area contributed by atoms with Gasteiger partial charge in [0.05, 0.1) is 24.9 Å². The average Bonchev–Trinajstić information content (AvgIpc) is 2.94. The van der Waals surface area contributed by atoms with Crippen LogP contribution in [0.4, 0.5) is 0 Å². The third kappa shape index (κ3) is 9.90. The lowest BCUT2D eigenvalue weighted by molar-refractivity contribution is -0.139. The first-order valence-electron chi connectivity index (χ1n) is 13.7. The Morgan fingerprint density at radius 2 is 1.42 bits per heavy atom. The molecule has 0 aliphatic carbocycles. The summed E-state index contributed by atoms with van der Waals surface area (Å²) >= 11 is 0. The molecule has 0 saturated carbocycles. The van der Waals surface area contributed by atoms with Crippen LogP contribution in [-0.4, -0.2) is 19.2 Å². The molecule has 0 aromatic heterocycles. The highest BCUT2D eigenvalue weighted by atomic mass is 16.5. The van der Waals surface area contributed by atoms with Gasteiger partial charge >= 0.3 is 5.97 Å². The number of hydrogen-bond acceptors (Lipinski definition) is 4. The van der Waals surface area contributed by atoms with E-state index < -0.39 is 0 Å². The van der Waals surface area contributed by atoms with E-state index in [9.17, 15) is 10.1 Å². The van der Waals surface area contributed by atoms with Gasteiger partial charge in [0, 0.05) is 5.57 Å². The summed E-state index contributed by atoms with van der Waals surface area (Å²) in [5.41, 5.74) is 3.01. The number of allylic oxidation sites excluding steroid dienone is 1. The van der Waals surface area contributed by atoms with Crippen molar-refractivity contribution in [2.45, 2.75) is 64.7 Å². The lowest BCUT2D eigenvalue weighted by Crippen LogP contribution is -2.05. The number of carbonyl (C=O) groups is 1. The van der Waals surface area contributed by atoms with E-state index in [-0.39, 0.29) is 5.97 Å². The van der Waals surface area contributed by atoms with Gasteiger partial charge in [-0.05, 0) is 65.9 Å². The van der Waals surface area contributed by atoms with Gasteiger partial charge in [-0.25, -0.2) is 4.79 Å².